The van der Waals surface area contributed by atoms with Crippen LogP contribution in [-0.4, -0.2) is 49.4 Å². The molecule has 2 atom stereocenters. The van der Waals surface area contributed by atoms with Crippen molar-refractivity contribution in [2.45, 2.75) is 80.6 Å². The zero-order valence-corrected chi connectivity index (χ0v) is 18.1. The lowest BCUT2D eigenvalue weighted by Gasteiger charge is -2.46. The molecule has 162 valence electrons. The zero-order chi connectivity index (χ0) is 21.5. The number of oxime groups is 1. The molecular weight excluding hydrogens is 407 g/mol. The molecule has 6 nitrogen and oxygen atoms in total. The van der Waals surface area contributed by atoms with Gasteiger partial charge in [0, 0.05) is 5.56 Å². The van der Waals surface area contributed by atoms with Crippen LogP contribution >= 0.6 is 11.8 Å². The van der Waals surface area contributed by atoms with Gasteiger partial charge < -0.3 is 14.8 Å². The number of hydrogen-bond acceptors (Lipinski definition) is 5. The van der Waals surface area contributed by atoms with E-state index in [0.717, 1.165) is 38.5 Å². The van der Waals surface area contributed by atoms with Crippen molar-refractivity contribution in [1.82, 2.24) is 4.90 Å². The van der Waals surface area contributed by atoms with E-state index in [-0.39, 0.29) is 35.1 Å². The average molecular weight is 435 g/mol. The van der Waals surface area contributed by atoms with Gasteiger partial charge in [0.1, 0.15) is 17.6 Å². The summed E-state index contributed by atoms with van der Waals surface area (Å²) in [6.45, 7) is 3.55. The van der Waals surface area contributed by atoms with Crippen LogP contribution < -0.4 is 0 Å². The van der Waals surface area contributed by atoms with Crippen molar-refractivity contribution in [2.24, 2.45) is 5.16 Å². The van der Waals surface area contributed by atoms with E-state index >= 15 is 0 Å². The molecule has 8 heteroatoms. The summed E-state index contributed by atoms with van der Waals surface area (Å²) in [6, 6.07) is 5.96. The SMILES string of the molecule is CC1(C)S[C@@H]2CC(=O)N2[C@]1(C(=O)O)C(=NOC1CCCCCC1)c1ccccc1F. The van der Waals surface area contributed by atoms with E-state index in [4.69, 9.17) is 4.84 Å². The minimum Gasteiger partial charge on any atom is -0.479 e. The molecule has 0 bridgehead atoms. The summed E-state index contributed by atoms with van der Waals surface area (Å²) in [5, 5.41) is 14.5. The first-order valence-electron chi connectivity index (χ1n) is 10.5. The highest BCUT2D eigenvalue weighted by molar-refractivity contribution is 8.01. The molecule has 1 saturated carbocycles. The highest BCUT2D eigenvalue weighted by atomic mass is 32.2. The fraction of sp³-hybridized carbons (Fsp3) is 0.591. The lowest BCUT2D eigenvalue weighted by molar-refractivity contribution is -0.162. The van der Waals surface area contributed by atoms with Crippen LogP contribution in [0.25, 0.3) is 0 Å². The molecule has 0 spiro atoms. The molecule has 1 aromatic carbocycles. The van der Waals surface area contributed by atoms with Crippen molar-refractivity contribution in [3.8, 4) is 0 Å². The minimum atomic E-state index is -1.81. The number of nitrogens with zero attached hydrogens (tertiary/aromatic N) is 2. The Morgan fingerprint density at radius 1 is 1.23 bits per heavy atom. The second kappa shape index (κ2) is 7.87. The lowest BCUT2D eigenvalue weighted by Crippen LogP contribution is -2.71. The highest BCUT2D eigenvalue weighted by Crippen LogP contribution is 2.58. The maximum Gasteiger partial charge on any atom is 0.337 e. The molecule has 30 heavy (non-hydrogen) atoms. The molecule has 1 aliphatic carbocycles. The Bertz CT molecular complexity index is 882. The fourth-order valence-corrected chi connectivity index (χ4v) is 6.64. The van der Waals surface area contributed by atoms with Crippen molar-refractivity contribution in [2.75, 3.05) is 0 Å². The van der Waals surface area contributed by atoms with Crippen molar-refractivity contribution < 1.29 is 23.9 Å². The quantitative estimate of drug-likeness (QED) is 0.326. The normalized spacial score (nSPS) is 29.2. The summed E-state index contributed by atoms with van der Waals surface area (Å²) in [5.74, 6) is -2.07. The number of carbonyl (C=O) groups is 2. The third-order valence-corrected chi connectivity index (χ3v) is 7.98. The van der Waals surface area contributed by atoms with E-state index in [0.29, 0.717) is 0 Å². The van der Waals surface area contributed by atoms with Gasteiger partial charge in [0.05, 0.1) is 16.5 Å². The van der Waals surface area contributed by atoms with Gasteiger partial charge in [0.2, 0.25) is 11.4 Å². The third-order valence-electron chi connectivity index (χ3n) is 6.45. The Morgan fingerprint density at radius 3 is 2.50 bits per heavy atom. The molecule has 0 radical (unpaired) electrons. The standard InChI is InChI=1S/C22H27FN2O4S/c1-21(2)22(20(27)28,25-17(26)13-18(25)30-21)19(15-11-7-8-12-16(15)23)24-29-14-9-5-3-4-6-10-14/h7-8,11-12,14,18H,3-6,9-10,13H2,1-2H3,(H,27,28)/t18-,22+/m1/s1. The monoisotopic (exact) mass is 434 g/mol. The number of amides is 1. The van der Waals surface area contributed by atoms with Crippen molar-refractivity contribution in [3.05, 3.63) is 35.6 Å². The van der Waals surface area contributed by atoms with Gasteiger partial charge in [-0.25, -0.2) is 9.18 Å². The van der Waals surface area contributed by atoms with E-state index in [1.165, 1.54) is 28.8 Å². The summed E-state index contributed by atoms with van der Waals surface area (Å²) in [6.07, 6.45) is 6.11. The summed E-state index contributed by atoms with van der Waals surface area (Å²) in [7, 11) is 0. The van der Waals surface area contributed by atoms with Crippen LogP contribution in [0.5, 0.6) is 0 Å². The molecule has 1 N–H and O–H groups in total. The number of halogens is 1. The number of β-lactam (4-membered cyclic amide) rings is 1. The first-order valence-corrected chi connectivity index (χ1v) is 11.4. The predicted octanol–water partition coefficient (Wildman–Crippen LogP) is 4.18. The molecule has 4 rings (SSSR count). The van der Waals surface area contributed by atoms with Crippen molar-refractivity contribution >= 4 is 29.4 Å². The van der Waals surface area contributed by atoms with E-state index in [1.54, 1.807) is 26.0 Å². The number of thioether (sulfide) groups is 1. The Labute approximate surface area is 179 Å². The maximum atomic E-state index is 14.9. The van der Waals surface area contributed by atoms with Gasteiger partial charge in [-0.2, -0.15) is 0 Å². The first-order chi connectivity index (χ1) is 14.3. The second-order valence-electron chi connectivity index (χ2n) is 8.70. The smallest absolute Gasteiger partial charge is 0.337 e. The van der Waals surface area contributed by atoms with E-state index in [2.05, 4.69) is 5.16 Å². The van der Waals surface area contributed by atoms with Crippen LogP contribution in [0.1, 0.15) is 64.4 Å². The number of carboxylic acid groups (broad SMARTS) is 1. The summed E-state index contributed by atoms with van der Waals surface area (Å²) in [4.78, 5) is 32.6. The topological polar surface area (TPSA) is 79.2 Å². The Morgan fingerprint density at radius 2 is 1.90 bits per heavy atom. The number of fused-ring (bicyclic) bond motifs is 1. The largest absolute Gasteiger partial charge is 0.479 e. The van der Waals surface area contributed by atoms with Gasteiger partial charge in [0.25, 0.3) is 0 Å². The predicted molar refractivity (Wildman–Crippen MR) is 113 cm³/mol. The summed E-state index contributed by atoms with van der Waals surface area (Å²) < 4.78 is 14.0. The molecular formula is C22H27FN2O4S. The zero-order valence-electron chi connectivity index (χ0n) is 17.3. The second-order valence-corrected chi connectivity index (χ2v) is 10.5. The van der Waals surface area contributed by atoms with E-state index < -0.39 is 22.1 Å². The van der Waals surface area contributed by atoms with Gasteiger partial charge in [-0.05, 0) is 51.7 Å². The number of carbonyl (C=O) groups excluding carboxylic acids is 1. The molecule has 1 aromatic rings. The molecule has 1 amide bonds. The number of rotatable bonds is 5. The molecule has 2 aliphatic heterocycles. The van der Waals surface area contributed by atoms with Gasteiger partial charge >= 0.3 is 5.97 Å². The van der Waals surface area contributed by atoms with E-state index in [1.807, 2.05) is 0 Å². The number of carboxylic acids is 1. The van der Waals surface area contributed by atoms with Gasteiger partial charge in [-0.3, -0.25) is 4.79 Å². The molecule has 2 heterocycles. The fourth-order valence-electron chi connectivity index (χ4n) is 4.90. The van der Waals surface area contributed by atoms with Crippen molar-refractivity contribution in [1.29, 1.82) is 0 Å². The van der Waals surface area contributed by atoms with E-state index in [9.17, 15) is 19.1 Å². The Kier molecular flexibility index (Phi) is 5.55. The lowest BCUT2D eigenvalue weighted by atomic mass is 9.75. The average Bonchev–Trinajstić information content (AvgIpc) is 2.85. The van der Waals surface area contributed by atoms with Gasteiger partial charge in [0.15, 0.2) is 0 Å². The molecule has 2 saturated heterocycles. The molecule has 0 unspecified atom stereocenters. The number of hydrogen-bond donors (Lipinski definition) is 1. The van der Waals surface area contributed by atoms with Crippen LogP contribution in [0.3, 0.4) is 0 Å². The molecule has 3 aliphatic rings. The molecule has 0 aromatic heterocycles. The maximum absolute atomic E-state index is 14.9. The first kappa shape index (κ1) is 21.2. The Hall–Kier alpha value is -2.09. The van der Waals surface area contributed by atoms with Gasteiger partial charge in [-0.15, -0.1) is 11.8 Å². The van der Waals surface area contributed by atoms with Crippen LogP contribution in [0.4, 0.5) is 4.39 Å². The number of aliphatic carboxylic acids is 1. The summed E-state index contributed by atoms with van der Waals surface area (Å²) >= 11 is 1.42. The Balaban J connectivity index is 1.85. The van der Waals surface area contributed by atoms with Crippen LogP contribution in [-0.2, 0) is 14.4 Å². The van der Waals surface area contributed by atoms with Crippen LogP contribution in [0, 0.1) is 5.82 Å². The highest BCUT2D eigenvalue weighted by Gasteiger charge is 2.72. The van der Waals surface area contributed by atoms with Gasteiger partial charge in [-0.1, -0.05) is 30.1 Å². The van der Waals surface area contributed by atoms with Crippen LogP contribution in [0.2, 0.25) is 0 Å². The molecule has 3 fully saturated rings. The summed E-state index contributed by atoms with van der Waals surface area (Å²) in [5.41, 5.74) is -1.79. The minimum absolute atomic E-state index is 0.0367. The van der Waals surface area contributed by atoms with Crippen molar-refractivity contribution in [3.63, 3.8) is 0 Å². The number of benzene rings is 1. The van der Waals surface area contributed by atoms with Crippen LogP contribution in [0.15, 0.2) is 29.4 Å². The third kappa shape index (κ3) is 3.20.